The number of amides is 1. The van der Waals surface area contributed by atoms with Gasteiger partial charge in [-0.2, -0.15) is 5.10 Å². The van der Waals surface area contributed by atoms with Crippen molar-refractivity contribution >= 4 is 17.7 Å². The van der Waals surface area contributed by atoms with Crippen molar-refractivity contribution in [1.82, 2.24) is 20.5 Å². The van der Waals surface area contributed by atoms with E-state index in [2.05, 4.69) is 20.5 Å². The summed E-state index contributed by atoms with van der Waals surface area (Å²) in [4.78, 5) is 16.1. The summed E-state index contributed by atoms with van der Waals surface area (Å²) in [5.74, 6) is 0.100. The topological polar surface area (TPSA) is 70.7 Å². The van der Waals surface area contributed by atoms with Crippen LogP contribution in [0.2, 0.25) is 0 Å². The summed E-state index contributed by atoms with van der Waals surface area (Å²) in [6.45, 7) is 1.90. The molecule has 0 aromatic carbocycles. The zero-order chi connectivity index (χ0) is 12.8. The Kier molecular flexibility index (Phi) is 5.04. The standard InChI is InChI=1S/C12H20N4OS/c1-9(18-12-13-8-14-16-12)11(17)15-10-6-4-2-3-5-7-10/h8-10H,2-7H2,1H3,(H,15,17)(H,13,14,16)/t9-/m0/s1. The summed E-state index contributed by atoms with van der Waals surface area (Å²) in [6.07, 6.45) is 8.75. The van der Waals surface area contributed by atoms with Crippen molar-refractivity contribution < 1.29 is 4.79 Å². The van der Waals surface area contributed by atoms with Crippen molar-refractivity contribution in [1.29, 1.82) is 0 Å². The number of nitrogens with zero attached hydrogens (tertiary/aromatic N) is 2. The van der Waals surface area contributed by atoms with Gasteiger partial charge in [-0.15, -0.1) is 0 Å². The maximum atomic E-state index is 12.1. The molecule has 1 aliphatic rings. The molecule has 2 rings (SSSR count). The highest BCUT2D eigenvalue weighted by molar-refractivity contribution is 8.00. The van der Waals surface area contributed by atoms with E-state index < -0.39 is 0 Å². The predicted octanol–water partition coefficient (Wildman–Crippen LogP) is 2.12. The fourth-order valence-corrected chi connectivity index (χ4v) is 2.94. The van der Waals surface area contributed by atoms with Crippen molar-refractivity contribution in [2.75, 3.05) is 0 Å². The van der Waals surface area contributed by atoms with Crippen molar-refractivity contribution in [3.05, 3.63) is 6.33 Å². The Morgan fingerprint density at radius 2 is 2.17 bits per heavy atom. The molecule has 1 saturated carbocycles. The first-order valence-electron chi connectivity index (χ1n) is 6.58. The molecule has 1 aromatic heterocycles. The molecular weight excluding hydrogens is 248 g/mol. The van der Waals surface area contributed by atoms with E-state index >= 15 is 0 Å². The maximum Gasteiger partial charge on any atom is 0.233 e. The monoisotopic (exact) mass is 268 g/mol. The zero-order valence-electron chi connectivity index (χ0n) is 10.7. The summed E-state index contributed by atoms with van der Waals surface area (Å²) in [7, 11) is 0. The molecular formula is C12H20N4OS. The van der Waals surface area contributed by atoms with Crippen molar-refractivity contribution in [3.63, 3.8) is 0 Å². The number of nitrogens with one attached hydrogen (secondary N) is 2. The van der Waals surface area contributed by atoms with Gasteiger partial charge in [-0.1, -0.05) is 37.4 Å². The van der Waals surface area contributed by atoms with Gasteiger partial charge in [0, 0.05) is 6.04 Å². The average molecular weight is 268 g/mol. The summed E-state index contributed by atoms with van der Waals surface area (Å²) in [5.41, 5.74) is 0. The van der Waals surface area contributed by atoms with Crippen molar-refractivity contribution in [2.24, 2.45) is 0 Å². The van der Waals surface area contributed by atoms with Crippen LogP contribution in [-0.4, -0.2) is 32.4 Å². The molecule has 0 radical (unpaired) electrons. The molecule has 2 N–H and O–H groups in total. The molecule has 0 bridgehead atoms. The third-order valence-electron chi connectivity index (χ3n) is 3.25. The highest BCUT2D eigenvalue weighted by Gasteiger charge is 2.20. The lowest BCUT2D eigenvalue weighted by molar-refractivity contribution is -0.121. The number of aromatic amines is 1. The summed E-state index contributed by atoms with van der Waals surface area (Å²) in [5, 5.41) is 10.2. The third kappa shape index (κ3) is 4.01. The lowest BCUT2D eigenvalue weighted by Crippen LogP contribution is -2.39. The van der Waals surface area contributed by atoms with Gasteiger partial charge < -0.3 is 5.32 Å². The van der Waals surface area contributed by atoms with Crippen LogP contribution in [0.5, 0.6) is 0 Å². The Balaban J connectivity index is 1.79. The van der Waals surface area contributed by atoms with Crippen molar-refractivity contribution in [3.8, 4) is 0 Å². The van der Waals surface area contributed by atoms with Crippen LogP contribution in [0.3, 0.4) is 0 Å². The Morgan fingerprint density at radius 1 is 1.44 bits per heavy atom. The highest BCUT2D eigenvalue weighted by Crippen LogP contribution is 2.20. The van der Waals surface area contributed by atoms with Gasteiger partial charge >= 0.3 is 0 Å². The summed E-state index contributed by atoms with van der Waals surface area (Å²) >= 11 is 1.41. The lowest BCUT2D eigenvalue weighted by atomic mass is 10.1. The normalized spacial score (nSPS) is 19.2. The van der Waals surface area contributed by atoms with E-state index in [4.69, 9.17) is 0 Å². The van der Waals surface area contributed by atoms with Crippen LogP contribution in [-0.2, 0) is 4.79 Å². The van der Waals surface area contributed by atoms with Crippen LogP contribution in [0.25, 0.3) is 0 Å². The minimum Gasteiger partial charge on any atom is -0.352 e. The molecule has 100 valence electrons. The number of thioether (sulfide) groups is 1. The van der Waals surface area contributed by atoms with Gasteiger partial charge in [0.15, 0.2) is 5.16 Å². The molecule has 0 aliphatic heterocycles. The first-order chi connectivity index (χ1) is 8.75. The number of carbonyl (C=O) groups is 1. The number of rotatable bonds is 4. The van der Waals surface area contributed by atoms with Gasteiger partial charge in [-0.05, 0) is 19.8 Å². The summed E-state index contributed by atoms with van der Waals surface area (Å²) < 4.78 is 0. The minimum atomic E-state index is -0.138. The fraction of sp³-hybridized carbons (Fsp3) is 0.750. The molecule has 1 aromatic rings. The van der Waals surface area contributed by atoms with Gasteiger partial charge in [0.2, 0.25) is 5.91 Å². The van der Waals surface area contributed by atoms with Crippen LogP contribution in [0.15, 0.2) is 11.5 Å². The SMILES string of the molecule is C[C@H](Sc1ncn[nH]1)C(=O)NC1CCCCCC1. The van der Waals surface area contributed by atoms with Crippen molar-refractivity contribution in [2.45, 2.75) is 61.9 Å². The molecule has 6 heteroatoms. The first-order valence-corrected chi connectivity index (χ1v) is 7.46. The van der Waals surface area contributed by atoms with E-state index in [9.17, 15) is 4.79 Å². The second-order valence-corrected chi connectivity index (χ2v) is 6.08. The maximum absolute atomic E-state index is 12.1. The molecule has 1 heterocycles. The van der Waals surface area contributed by atoms with Gasteiger partial charge in [-0.3, -0.25) is 9.89 Å². The third-order valence-corrected chi connectivity index (χ3v) is 4.24. The van der Waals surface area contributed by atoms with E-state index in [1.54, 1.807) is 0 Å². The lowest BCUT2D eigenvalue weighted by Gasteiger charge is -2.18. The zero-order valence-corrected chi connectivity index (χ0v) is 11.5. The predicted molar refractivity (Wildman–Crippen MR) is 71.3 cm³/mol. The highest BCUT2D eigenvalue weighted by atomic mass is 32.2. The van der Waals surface area contributed by atoms with Crippen LogP contribution < -0.4 is 5.32 Å². The number of H-pyrrole nitrogens is 1. The molecule has 1 fully saturated rings. The Bertz CT molecular complexity index is 360. The van der Waals surface area contributed by atoms with E-state index in [1.165, 1.54) is 43.8 Å². The fourth-order valence-electron chi connectivity index (χ4n) is 2.21. The first kappa shape index (κ1) is 13.4. The molecule has 1 atom stereocenters. The van der Waals surface area contributed by atoms with Gasteiger partial charge in [0.25, 0.3) is 0 Å². The quantitative estimate of drug-likeness (QED) is 0.648. The summed E-state index contributed by atoms with van der Waals surface area (Å²) in [6, 6.07) is 0.359. The van der Waals surface area contributed by atoms with E-state index in [0.717, 1.165) is 12.8 Å². The van der Waals surface area contributed by atoms with Crippen LogP contribution in [0.1, 0.15) is 45.4 Å². The second-order valence-electron chi connectivity index (χ2n) is 4.75. The molecule has 0 spiro atoms. The minimum absolute atomic E-state index is 0.100. The Labute approximate surface area is 112 Å². The Morgan fingerprint density at radius 3 is 2.78 bits per heavy atom. The van der Waals surface area contributed by atoms with Crippen LogP contribution in [0.4, 0.5) is 0 Å². The van der Waals surface area contributed by atoms with E-state index in [-0.39, 0.29) is 11.2 Å². The number of hydrogen-bond acceptors (Lipinski definition) is 4. The number of hydrogen-bond donors (Lipinski definition) is 2. The number of aromatic nitrogens is 3. The van der Waals surface area contributed by atoms with Gasteiger partial charge in [0.1, 0.15) is 6.33 Å². The van der Waals surface area contributed by atoms with E-state index in [0.29, 0.717) is 11.2 Å². The second kappa shape index (κ2) is 6.78. The van der Waals surface area contributed by atoms with Gasteiger partial charge in [0.05, 0.1) is 5.25 Å². The van der Waals surface area contributed by atoms with E-state index in [1.807, 2.05) is 6.92 Å². The molecule has 1 aliphatic carbocycles. The average Bonchev–Trinajstić information content (AvgIpc) is 2.72. The van der Waals surface area contributed by atoms with Gasteiger partial charge in [-0.25, -0.2) is 4.98 Å². The smallest absolute Gasteiger partial charge is 0.233 e. The molecule has 5 nitrogen and oxygen atoms in total. The number of carbonyl (C=O) groups excluding carboxylic acids is 1. The largest absolute Gasteiger partial charge is 0.352 e. The Hall–Kier alpha value is -1.04. The molecule has 1 amide bonds. The molecule has 0 unspecified atom stereocenters. The van der Waals surface area contributed by atoms with Crippen LogP contribution in [0, 0.1) is 0 Å². The van der Waals surface area contributed by atoms with Crippen LogP contribution >= 0.6 is 11.8 Å². The molecule has 0 saturated heterocycles. The molecule has 18 heavy (non-hydrogen) atoms.